The third-order valence-electron chi connectivity index (χ3n) is 4.26. The number of ether oxygens (including phenoxy) is 1. The molecule has 132 valence electrons. The van der Waals surface area contributed by atoms with Crippen molar-refractivity contribution in [2.24, 2.45) is 0 Å². The topological polar surface area (TPSA) is 67.3 Å². The van der Waals surface area contributed by atoms with Crippen molar-refractivity contribution in [3.05, 3.63) is 36.9 Å². The second kappa shape index (κ2) is 8.07. The van der Waals surface area contributed by atoms with Gasteiger partial charge < -0.3 is 15.0 Å². The molecule has 1 fully saturated rings. The normalized spacial score (nSPS) is 15.3. The van der Waals surface area contributed by atoms with Crippen LogP contribution in [-0.2, 0) is 9.53 Å². The van der Waals surface area contributed by atoms with Gasteiger partial charge >= 0.3 is 0 Å². The summed E-state index contributed by atoms with van der Waals surface area (Å²) in [5.41, 5.74) is 1.60. The number of nitrogens with zero attached hydrogens (tertiary/aromatic N) is 3. The number of aromatic nitrogens is 2. The minimum Gasteiger partial charge on any atom is -0.368 e. The zero-order valence-corrected chi connectivity index (χ0v) is 14.6. The molecule has 2 heterocycles. The van der Waals surface area contributed by atoms with Crippen LogP contribution in [0.2, 0.25) is 0 Å². The van der Waals surface area contributed by atoms with E-state index in [0.717, 1.165) is 42.8 Å². The Morgan fingerprint density at radius 1 is 1.32 bits per heavy atom. The first-order valence-corrected chi connectivity index (χ1v) is 8.74. The number of amides is 1. The Kier molecular flexibility index (Phi) is 5.60. The molecule has 1 N–H and O–H groups in total. The third kappa shape index (κ3) is 4.14. The van der Waals surface area contributed by atoms with E-state index in [1.807, 2.05) is 24.3 Å². The molecule has 1 amide bonds. The zero-order chi connectivity index (χ0) is 17.6. The predicted octanol–water partition coefficient (Wildman–Crippen LogP) is 3.15. The lowest BCUT2D eigenvalue weighted by atomic mass is 10.3. The van der Waals surface area contributed by atoms with Gasteiger partial charge in [-0.15, -0.1) is 6.58 Å². The number of benzene rings is 1. The van der Waals surface area contributed by atoms with Crippen molar-refractivity contribution in [3.8, 4) is 0 Å². The maximum Gasteiger partial charge on any atom is 0.254 e. The van der Waals surface area contributed by atoms with Gasteiger partial charge in [0.05, 0.1) is 17.6 Å². The average molecular weight is 340 g/mol. The van der Waals surface area contributed by atoms with Gasteiger partial charge in [0.15, 0.2) is 11.6 Å². The lowest BCUT2D eigenvalue weighted by Crippen LogP contribution is -2.30. The summed E-state index contributed by atoms with van der Waals surface area (Å²) in [5, 5.41) is 2.90. The summed E-state index contributed by atoms with van der Waals surface area (Å²) < 4.78 is 5.52. The molecule has 1 aromatic heterocycles. The Morgan fingerprint density at radius 3 is 2.68 bits per heavy atom. The number of anilines is 2. The van der Waals surface area contributed by atoms with E-state index >= 15 is 0 Å². The van der Waals surface area contributed by atoms with Gasteiger partial charge in [0.2, 0.25) is 0 Å². The summed E-state index contributed by atoms with van der Waals surface area (Å²) in [5.74, 6) is 1.03. The number of nitrogens with one attached hydrogen (secondary N) is 1. The van der Waals surface area contributed by atoms with Gasteiger partial charge in [0.1, 0.15) is 6.10 Å². The molecule has 0 bridgehead atoms. The summed E-state index contributed by atoms with van der Waals surface area (Å²) in [6.07, 6.45) is 4.18. The zero-order valence-electron chi connectivity index (χ0n) is 14.6. The summed E-state index contributed by atoms with van der Waals surface area (Å²) in [6, 6.07) is 7.70. The molecule has 25 heavy (non-hydrogen) atoms. The molecule has 6 heteroatoms. The second-order valence-electron chi connectivity index (χ2n) is 6.16. The van der Waals surface area contributed by atoms with Crippen molar-refractivity contribution < 1.29 is 9.53 Å². The molecule has 1 aliphatic heterocycles. The molecule has 1 saturated heterocycles. The van der Waals surface area contributed by atoms with Crippen LogP contribution in [0.5, 0.6) is 0 Å². The third-order valence-corrected chi connectivity index (χ3v) is 4.26. The summed E-state index contributed by atoms with van der Waals surface area (Å²) in [4.78, 5) is 24.0. The quantitative estimate of drug-likeness (QED) is 0.619. The van der Waals surface area contributed by atoms with Crippen LogP contribution in [0.4, 0.5) is 11.6 Å². The lowest BCUT2D eigenvalue weighted by Gasteiger charge is -2.21. The van der Waals surface area contributed by atoms with Gasteiger partial charge in [-0.1, -0.05) is 18.2 Å². The molecule has 1 unspecified atom stereocenters. The van der Waals surface area contributed by atoms with Crippen LogP contribution < -0.4 is 10.2 Å². The monoisotopic (exact) mass is 340 g/mol. The average Bonchev–Trinajstić information content (AvgIpc) is 3.15. The molecule has 1 aliphatic rings. The van der Waals surface area contributed by atoms with Gasteiger partial charge in [-0.05, 0) is 38.3 Å². The fraction of sp³-hybridized carbons (Fsp3) is 0.421. The maximum absolute atomic E-state index is 12.5. The van der Waals surface area contributed by atoms with Crippen molar-refractivity contribution in [2.75, 3.05) is 29.9 Å². The summed E-state index contributed by atoms with van der Waals surface area (Å²) in [7, 11) is 0. The van der Waals surface area contributed by atoms with Gasteiger partial charge in [0, 0.05) is 13.1 Å². The Morgan fingerprint density at radius 2 is 2.00 bits per heavy atom. The van der Waals surface area contributed by atoms with E-state index in [4.69, 9.17) is 9.72 Å². The van der Waals surface area contributed by atoms with E-state index in [-0.39, 0.29) is 5.91 Å². The van der Waals surface area contributed by atoms with Crippen molar-refractivity contribution in [1.82, 2.24) is 9.97 Å². The predicted molar refractivity (Wildman–Crippen MR) is 99.8 cm³/mol. The van der Waals surface area contributed by atoms with Crippen molar-refractivity contribution in [1.29, 1.82) is 0 Å². The fourth-order valence-electron chi connectivity index (χ4n) is 2.85. The molecule has 2 aromatic rings. The van der Waals surface area contributed by atoms with Crippen LogP contribution in [0.3, 0.4) is 0 Å². The van der Waals surface area contributed by atoms with Gasteiger partial charge in [-0.25, -0.2) is 9.97 Å². The summed E-state index contributed by atoms with van der Waals surface area (Å²) >= 11 is 0. The highest BCUT2D eigenvalue weighted by Crippen LogP contribution is 2.28. The highest BCUT2D eigenvalue weighted by Gasteiger charge is 2.22. The molecule has 0 spiro atoms. The molecule has 0 saturated carbocycles. The van der Waals surface area contributed by atoms with E-state index < -0.39 is 6.10 Å². The van der Waals surface area contributed by atoms with Crippen molar-refractivity contribution >= 4 is 28.6 Å². The number of carbonyl (C=O) groups excluding carboxylic acids is 1. The number of hydrogen-bond donors (Lipinski definition) is 1. The highest BCUT2D eigenvalue weighted by molar-refractivity contribution is 5.96. The molecule has 3 rings (SSSR count). The number of hydrogen-bond acceptors (Lipinski definition) is 5. The number of carbonyl (C=O) groups is 1. The van der Waals surface area contributed by atoms with Crippen molar-refractivity contribution in [2.45, 2.75) is 32.3 Å². The fourth-order valence-corrected chi connectivity index (χ4v) is 2.85. The maximum atomic E-state index is 12.5. The largest absolute Gasteiger partial charge is 0.368 e. The molecular weight excluding hydrogens is 316 g/mol. The van der Waals surface area contributed by atoms with Crippen LogP contribution in [0.15, 0.2) is 36.9 Å². The van der Waals surface area contributed by atoms with E-state index in [0.29, 0.717) is 18.8 Å². The van der Waals surface area contributed by atoms with E-state index in [2.05, 4.69) is 21.8 Å². The van der Waals surface area contributed by atoms with Crippen LogP contribution in [-0.4, -0.2) is 41.7 Å². The lowest BCUT2D eigenvalue weighted by molar-refractivity contribution is -0.126. The van der Waals surface area contributed by atoms with Crippen LogP contribution in [0.25, 0.3) is 11.0 Å². The van der Waals surface area contributed by atoms with Gasteiger partial charge in [-0.3, -0.25) is 4.79 Å². The number of fused-ring (bicyclic) bond motifs is 1. The SMILES string of the molecule is C=CCCOC(C)C(=O)Nc1nc2ccccc2nc1N1CCCC1. The number of rotatable bonds is 7. The molecule has 1 atom stereocenters. The smallest absolute Gasteiger partial charge is 0.254 e. The summed E-state index contributed by atoms with van der Waals surface area (Å²) in [6.45, 7) is 7.73. The van der Waals surface area contributed by atoms with E-state index in [1.165, 1.54) is 0 Å². The molecule has 6 nitrogen and oxygen atoms in total. The van der Waals surface area contributed by atoms with Crippen LogP contribution >= 0.6 is 0 Å². The first-order chi connectivity index (χ1) is 12.2. The molecular formula is C19H24N4O2. The first kappa shape index (κ1) is 17.4. The van der Waals surface area contributed by atoms with Crippen LogP contribution in [0.1, 0.15) is 26.2 Å². The Balaban J connectivity index is 1.84. The Hall–Kier alpha value is -2.47. The number of para-hydroxylation sites is 2. The van der Waals surface area contributed by atoms with Crippen molar-refractivity contribution in [3.63, 3.8) is 0 Å². The molecule has 1 aromatic carbocycles. The first-order valence-electron chi connectivity index (χ1n) is 8.74. The Bertz CT molecular complexity index is 756. The molecule has 0 radical (unpaired) electrons. The second-order valence-corrected chi connectivity index (χ2v) is 6.16. The standard InChI is InChI=1S/C19H24N4O2/c1-3-4-13-25-14(2)19(24)22-17-18(23-11-7-8-12-23)21-16-10-6-5-9-15(16)20-17/h3,5-6,9-10,14H,1,4,7-8,11-13H2,2H3,(H,20,22,24). The Labute approximate surface area is 147 Å². The van der Waals surface area contributed by atoms with Gasteiger partial charge in [-0.2, -0.15) is 0 Å². The molecule has 0 aliphatic carbocycles. The van der Waals surface area contributed by atoms with Gasteiger partial charge in [0.25, 0.3) is 5.91 Å². The van der Waals surface area contributed by atoms with Crippen LogP contribution in [0, 0.1) is 0 Å². The minimum absolute atomic E-state index is 0.214. The highest BCUT2D eigenvalue weighted by atomic mass is 16.5. The van der Waals surface area contributed by atoms with E-state index in [9.17, 15) is 4.79 Å². The van der Waals surface area contributed by atoms with E-state index in [1.54, 1.807) is 13.0 Å². The minimum atomic E-state index is -0.556.